The number of nitrogens with one attached hydrogen (secondary N) is 1. The molecule has 0 aliphatic carbocycles. The first kappa shape index (κ1) is 8.36. The molecule has 3 unspecified atom stereocenters. The molecule has 0 aromatic rings. The number of nitrogens with zero attached hydrogens (tertiary/aromatic N) is 2. The van der Waals surface area contributed by atoms with Gasteiger partial charge in [0, 0.05) is 13.0 Å². The molecule has 2 aliphatic heterocycles. The monoisotopic (exact) mass is 179 g/mol. The van der Waals surface area contributed by atoms with Crippen LogP contribution in [0.1, 0.15) is 26.2 Å². The van der Waals surface area contributed by atoms with Gasteiger partial charge in [-0.1, -0.05) is 0 Å². The molecule has 1 N–H and O–H groups in total. The Morgan fingerprint density at radius 1 is 1.62 bits per heavy atom. The van der Waals surface area contributed by atoms with Crippen molar-refractivity contribution in [2.45, 2.75) is 44.3 Å². The first-order valence-corrected chi connectivity index (χ1v) is 4.67. The van der Waals surface area contributed by atoms with Gasteiger partial charge in [-0.05, 0) is 19.3 Å². The first-order chi connectivity index (χ1) is 6.22. The summed E-state index contributed by atoms with van der Waals surface area (Å²) in [6.45, 7) is 1.53. The fourth-order valence-electron chi connectivity index (χ4n) is 2.56. The van der Waals surface area contributed by atoms with E-state index >= 15 is 0 Å². The van der Waals surface area contributed by atoms with E-state index in [4.69, 9.17) is 5.26 Å². The van der Waals surface area contributed by atoms with Gasteiger partial charge in [-0.2, -0.15) is 5.26 Å². The number of nitriles is 1. The summed E-state index contributed by atoms with van der Waals surface area (Å²) in [5.41, 5.74) is 0. The van der Waals surface area contributed by atoms with Crippen molar-refractivity contribution < 1.29 is 4.79 Å². The second-order valence-corrected chi connectivity index (χ2v) is 3.85. The summed E-state index contributed by atoms with van der Waals surface area (Å²) in [6, 6.07) is 0.849. The molecule has 2 bridgehead atoms. The van der Waals surface area contributed by atoms with Crippen molar-refractivity contribution in [2.75, 3.05) is 0 Å². The van der Waals surface area contributed by atoms with Gasteiger partial charge < -0.3 is 10.2 Å². The molecule has 2 saturated heterocycles. The normalized spacial score (nSPS) is 36.0. The molecule has 13 heavy (non-hydrogen) atoms. The van der Waals surface area contributed by atoms with Gasteiger partial charge >= 0.3 is 0 Å². The third-order valence-corrected chi connectivity index (χ3v) is 3.04. The van der Waals surface area contributed by atoms with Gasteiger partial charge in [0.05, 0.1) is 12.1 Å². The number of rotatable bonds is 1. The Hall–Kier alpha value is -1.24. The Balaban J connectivity index is 2.05. The van der Waals surface area contributed by atoms with Gasteiger partial charge in [-0.3, -0.25) is 4.79 Å². The van der Waals surface area contributed by atoms with Crippen LogP contribution in [0.25, 0.3) is 0 Å². The number of amides is 1. The zero-order valence-corrected chi connectivity index (χ0v) is 7.66. The molecule has 70 valence electrons. The highest BCUT2D eigenvalue weighted by atomic mass is 16.1. The summed E-state index contributed by atoms with van der Waals surface area (Å²) in [6.07, 6.45) is 5.30. The third kappa shape index (κ3) is 1.24. The van der Waals surface area contributed by atoms with E-state index in [1.54, 1.807) is 0 Å². The highest BCUT2D eigenvalue weighted by Gasteiger charge is 2.46. The van der Waals surface area contributed by atoms with Gasteiger partial charge in [-0.15, -0.1) is 0 Å². The van der Waals surface area contributed by atoms with Crippen LogP contribution in [-0.2, 0) is 4.79 Å². The Morgan fingerprint density at radius 2 is 2.38 bits per heavy atom. The highest BCUT2D eigenvalue weighted by molar-refractivity contribution is 5.73. The molecular weight excluding hydrogens is 166 g/mol. The third-order valence-electron chi connectivity index (χ3n) is 3.04. The lowest BCUT2D eigenvalue weighted by Gasteiger charge is -2.20. The van der Waals surface area contributed by atoms with Crippen molar-refractivity contribution in [3.63, 3.8) is 0 Å². The Bertz CT molecular complexity index is 271. The van der Waals surface area contributed by atoms with Crippen molar-refractivity contribution in [2.24, 2.45) is 0 Å². The van der Waals surface area contributed by atoms with Crippen molar-refractivity contribution in [3.8, 4) is 6.19 Å². The van der Waals surface area contributed by atoms with E-state index in [0.717, 1.165) is 19.3 Å². The number of fused-ring (bicyclic) bond motifs is 2. The maximum atomic E-state index is 10.9. The van der Waals surface area contributed by atoms with Crippen LogP contribution in [0.15, 0.2) is 0 Å². The van der Waals surface area contributed by atoms with Crippen LogP contribution < -0.4 is 5.32 Å². The summed E-state index contributed by atoms with van der Waals surface area (Å²) in [7, 11) is 0. The van der Waals surface area contributed by atoms with Crippen molar-refractivity contribution in [1.82, 2.24) is 10.2 Å². The lowest BCUT2D eigenvalue weighted by Crippen LogP contribution is -2.42. The highest BCUT2D eigenvalue weighted by Crippen LogP contribution is 2.36. The van der Waals surface area contributed by atoms with E-state index in [0.29, 0.717) is 6.04 Å². The number of carbonyl (C=O) groups excluding carboxylic acids is 1. The molecular formula is C9H13N3O. The van der Waals surface area contributed by atoms with Crippen LogP contribution in [0.3, 0.4) is 0 Å². The van der Waals surface area contributed by atoms with Crippen LogP contribution in [0.5, 0.6) is 0 Å². The fourth-order valence-corrected chi connectivity index (χ4v) is 2.56. The molecule has 2 heterocycles. The van der Waals surface area contributed by atoms with Gasteiger partial charge in [-0.25, -0.2) is 0 Å². The molecule has 0 radical (unpaired) electrons. The summed E-state index contributed by atoms with van der Waals surface area (Å²) < 4.78 is 0. The Morgan fingerprint density at radius 3 is 2.92 bits per heavy atom. The van der Waals surface area contributed by atoms with Crippen LogP contribution in [0.4, 0.5) is 0 Å². The minimum atomic E-state index is 0.00967. The fraction of sp³-hybridized carbons (Fsp3) is 0.778. The topological polar surface area (TPSA) is 56.1 Å². The molecule has 4 nitrogen and oxygen atoms in total. The first-order valence-electron chi connectivity index (χ1n) is 4.67. The largest absolute Gasteiger partial charge is 0.351 e. The average Bonchev–Trinajstić information content (AvgIpc) is 2.58. The number of carbonyl (C=O) groups is 1. The molecule has 0 aromatic carbocycles. The summed E-state index contributed by atoms with van der Waals surface area (Å²) in [5.74, 6) is 0.00967. The van der Waals surface area contributed by atoms with E-state index in [1.165, 1.54) is 6.92 Å². The number of hydrogen-bond acceptors (Lipinski definition) is 3. The SMILES string of the molecule is CC(=O)NC1CC2CCC1N2C#N. The predicted octanol–water partition coefficient (Wildman–Crippen LogP) is 0.209. The quantitative estimate of drug-likeness (QED) is 0.585. The Kier molecular flexibility index (Phi) is 1.87. The molecule has 2 rings (SSSR count). The summed E-state index contributed by atoms with van der Waals surface area (Å²) >= 11 is 0. The summed E-state index contributed by atoms with van der Waals surface area (Å²) in [5, 5.41) is 11.8. The van der Waals surface area contributed by atoms with Crippen LogP contribution >= 0.6 is 0 Å². The molecule has 2 fully saturated rings. The second-order valence-electron chi connectivity index (χ2n) is 3.85. The molecule has 4 heteroatoms. The zero-order chi connectivity index (χ0) is 9.42. The lowest BCUT2D eigenvalue weighted by molar-refractivity contribution is -0.119. The lowest BCUT2D eigenvalue weighted by atomic mass is 9.95. The van der Waals surface area contributed by atoms with Gasteiger partial charge in [0.25, 0.3) is 0 Å². The van der Waals surface area contributed by atoms with Crippen molar-refractivity contribution in [3.05, 3.63) is 0 Å². The minimum absolute atomic E-state index is 0.00967. The average molecular weight is 179 g/mol. The minimum Gasteiger partial charge on any atom is -0.351 e. The standard InChI is InChI=1S/C9H13N3O/c1-6(13)11-8-4-7-2-3-9(8)12(7)5-10/h7-9H,2-4H2,1H3,(H,11,13). The summed E-state index contributed by atoms with van der Waals surface area (Å²) in [4.78, 5) is 12.7. The van der Waals surface area contributed by atoms with E-state index in [9.17, 15) is 4.79 Å². The smallest absolute Gasteiger partial charge is 0.217 e. The van der Waals surface area contributed by atoms with Gasteiger partial charge in [0.15, 0.2) is 6.19 Å². The Labute approximate surface area is 77.5 Å². The second kappa shape index (κ2) is 2.91. The van der Waals surface area contributed by atoms with Crippen molar-refractivity contribution >= 4 is 5.91 Å². The van der Waals surface area contributed by atoms with E-state index in [2.05, 4.69) is 11.5 Å². The van der Waals surface area contributed by atoms with Crippen LogP contribution in [-0.4, -0.2) is 28.9 Å². The zero-order valence-electron chi connectivity index (χ0n) is 7.66. The number of hydrogen-bond donors (Lipinski definition) is 1. The van der Waals surface area contributed by atoms with Crippen LogP contribution in [0.2, 0.25) is 0 Å². The van der Waals surface area contributed by atoms with Crippen LogP contribution in [0, 0.1) is 11.5 Å². The van der Waals surface area contributed by atoms with Gasteiger partial charge in [0.1, 0.15) is 0 Å². The maximum Gasteiger partial charge on any atom is 0.217 e. The molecule has 1 amide bonds. The molecule has 0 saturated carbocycles. The molecule has 0 spiro atoms. The predicted molar refractivity (Wildman–Crippen MR) is 46.5 cm³/mol. The van der Waals surface area contributed by atoms with Crippen molar-refractivity contribution in [1.29, 1.82) is 5.26 Å². The molecule has 3 atom stereocenters. The van der Waals surface area contributed by atoms with E-state index in [-0.39, 0.29) is 18.0 Å². The molecule has 0 aromatic heterocycles. The van der Waals surface area contributed by atoms with Gasteiger partial charge in [0.2, 0.25) is 5.91 Å². The maximum absolute atomic E-state index is 10.9. The van der Waals surface area contributed by atoms with E-state index in [1.807, 2.05) is 4.90 Å². The molecule has 2 aliphatic rings. The van der Waals surface area contributed by atoms with E-state index < -0.39 is 0 Å².